The molecule has 0 spiro atoms. The zero-order chi connectivity index (χ0) is 17.3. The Kier molecular flexibility index (Phi) is 10.8. The van der Waals surface area contributed by atoms with E-state index in [4.69, 9.17) is 0 Å². The van der Waals surface area contributed by atoms with Crippen LogP contribution in [0.25, 0.3) is 0 Å². The van der Waals surface area contributed by atoms with Crippen LogP contribution in [0.15, 0.2) is 24.3 Å². The largest absolute Gasteiger partial charge is 0.100 e. The Balaban J connectivity index is 4.02. The minimum Gasteiger partial charge on any atom is -0.100 e. The van der Waals surface area contributed by atoms with Gasteiger partial charge in [-0.15, -0.1) is 13.2 Å². The molecule has 0 aromatic heterocycles. The lowest BCUT2D eigenvalue weighted by Gasteiger charge is -2.24. The number of allylic oxidation sites excluding steroid dienone is 2. The summed E-state index contributed by atoms with van der Waals surface area (Å²) in [4.78, 5) is 0. The van der Waals surface area contributed by atoms with E-state index in [0.29, 0.717) is 0 Å². The summed E-state index contributed by atoms with van der Waals surface area (Å²) in [5.74, 6) is 4.09. The lowest BCUT2D eigenvalue weighted by atomic mass is 9.82. The molecule has 0 aliphatic heterocycles. The molecule has 0 aromatic rings. The Bertz CT molecular complexity index is 293. The third-order valence-electron chi connectivity index (χ3n) is 4.61. The summed E-state index contributed by atoms with van der Waals surface area (Å²) < 4.78 is 0. The Morgan fingerprint density at radius 3 is 1.00 bits per heavy atom. The molecule has 0 saturated carbocycles. The van der Waals surface area contributed by atoms with Crippen molar-refractivity contribution in [3.63, 3.8) is 0 Å². The predicted octanol–water partition coefficient (Wildman–Crippen LogP) is 7.66. The van der Waals surface area contributed by atoms with E-state index in [1.165, 1.54) is 49.7 Å². The molecule has 0 radical (unpaired) electrons. The number of rotatable bonds is 12. The molecule has 0 saturated heterocycles. The maximum atomic E-state index is 4.04. The van der Waals surface area contributed by atoms with Crippen molar-refractivity contribution < 1.29 is 0 Å². The molecule has 22 heavy (non-hydrogen) atoms. The average Bonchev–Trinajstić information content (AvgIpc) is 2.23. The van der Waals surface area contributed by atoms with Crippen LogP contribution in [0.1, 0.15) is 87.0 Å². The van der Waals surface area contributed by atoms with Crippen molar-refractivity contribution in [2.24, 2.45) is 29.6 Å². The highest BCUT2D eigenvalue weighted by molar-refractivity contribution is 4.90. The van der Waals surface area contributed by atoms with E-state index in [2.05, 4.69) is 61.6 Å². The summed E-state index contributed by atoms with van der Waals surface area (Å²) in [7, 11) is 0. The molecule has 0 bridgehead atoms. The van der Waals surface area contributed by atoms with Crippen LogP contribution in [-0.4, -0.2) is 0 Å². The molecule has 4 unspecified atom stereocenters. The van der Waals surface area contributed by atoms with Crippen molar-refractivity contribution in [2.75, 3.05) is 0 Å². The van der Waals surface area contributed by atoms with E-state index in [9.17, 15) is 0 Å². The first-order valence-corrected chi connectivity index (χ1v) is 9.38. The monoisotopic (exact) mass is 306 g/mol. The van der Waals surface area contributed by atoms with Crippen molar-refractivity contribution >= 4 is 0 Å². The molecule has 0 aliphatic carbocycles. The van der Waals surface area contributed by atoms with Crippen LogP contribution in [0, 0.1) is 29.6 Å². The third kappa shape index (κ3) is 12.1. The summed E-state index contributed by atoms with van der Waals surface area (Å²) in [5, 5.41) is 0. The van der Waals surface area contributed by atoms with Crippen LogP contribution in [0.3, 0.4) is 0 Å². The number of hydrogen-bond donors (Lipinski definition) is 0. The van der Waals surface area contributed by atoms with Gasteiger partial charge < -0.3 is 0 Å². The van der Waals surface area contributed by atoms with Gasteiger partial charge in [0.1, 0.15) is 0 Å². The maximum absolute atomic E-state index is 4.04. The molecule has 0 rings (SSSR count). The van der Waals surface area contributed by atoms with Crippen molar-refractivity contribution in [1.29, 1.82) is 0 Å². The fourth-order valence-corrected chi connectivity index (χ4v) is 4.39. The van der Waals surface area contributed by atoms with Crippen LogP contribution in [0.2, 0.25) is 0 Å². The average molecular weight is 307 g/mol. The maximum Gasteiger partial charge on any atom is -0.0300 e. The van der Waals surface area contributed by atoms with E-state index in [1.807, 2.05) is 0 Å². The van der Waals surface area contributed by atoms with Gasteiger partial charge in [-0.2, -0.15) is 0 Å². The van der Waals surface area contributed by atoms with E-state index >= 15 is 0 Å². The minimum atomic E-state index is 0.785. The van der Waals surface area contributed by atoms with Crippen molar-refractivity contribution in [1.82, 2.24) is 0 Å². The quantitative estimate of drug-likeness (QED) is 0.325. The molecule has 0 amide bonds. The second kappa shape index (κ2) is 11.1. The highest BCUT2D eigenvalue weighted by atomic mass is 14.2. The van der Waals surface area contributed by atoms with Gasteiger partial charge in [0.2, 0.25) is 0 Å². The Morgan fingerprint density at radius 2 is 0.773 bits per heavy atom. The van der Waals surface area contributed by atoms with Crippen molar-refractivity contribution in [2.45, 2.75) is 87.0 Å². The zero-order valence-corrected chi connectivity index (χ0v) is 16.5. The van der Waals surface area contributed by atoms with Gasteiger partial charge in [-0.25, -0.2) is 0 Å². The highest BCUT2D eigenvalue weighted by Gasteiger charge is 2.16. The molecular formula is C22H42. The Labute approximate surface area is 141 Å². The van der Waals surface area contributed by atoms with Gasteiger partial charge in [0.15, 0.2) is 0 Å². The van der Waals surface area contributed by atoms with Crippen LogP contribution in [0.5, 0.6) is 0 Å². The Morgan fingerprint density at radius 1 is 0.545 bits per heavy atom. The van der Waals surface area contributed by atoms with Crippen LogP contribution in [0.4, 0.5) is 0 Å². The minimum absolute atomic E-state index is 0.785. The first-order valence-electron chi connectivity index (χ1n) is 9.38. The number of hydrogen-bond acceptors (Lipinski definition) is 0. The summed E-state index contributed by atoms with van der Waals surface area (Å²) >= 11 is 0. The molecule has 0 aromatic carbocycles. The molecule has 0 aliphatic rings. The fourth-order valence-electron chi connectivity index (χ4n) is 4.39. The van der Waals surface area contributed by atoms with Gasteiger partial charge >= 0.3 is 0 Å². The zero-order valence-electron chi connectivity index (χ0n) is 16.5. The van der Waals surface area contributed by atoms with E-state index < -0.39 is 0 Å². The van der Waals surface area contributed by atoms with Crippen LogP contribution in [-0.2, 0) is 0 Å². The van der Waals surface area contributed by atoms with E-state index in [1.54, 1.807) is 0 Å². The molecular weight excluding hydrogens is 264 g/mol. The first-order chi connectivity index (χ1) is 10.1. The first kappa shape index (κ1) is 21.5. The van der Waals surface area contributed by atoms with Crippen LogP contribution >= 0.6 is 0 Å². The lowest BCUT2D eigenvalue weighted by molar-refractivity contribution is 0.285. The molecule has 130 valence electrons. The predicted molar refractivity (Wildman–Crippen MR) is 103 cm³/mol. The SMILES string of the molecule is C=C(C)CC(C)CC(C)CC(C)CC(C)CC(C)CC(=C)C. The molecule has 0 nitrogen and oxygen atoms in total. The van der Waals surface area contributed by atoms with Gasteiger partial charge in [0.25, 0.3) is 0 Å². The second-order valence-corrected chi connectivity index (χ2v) is 8.79. The summed E-state index contributed by atoms with van der Waals surface area (Å²) in [5.41, 5.74) is 2.65. The van der Waals surface area contributed by atoms with E-state index in [-0.39, 0.29) is 0 Å². The van der Waals surface area contributed by atoms with Crippen LogP contribution < -0.4 is 0 Å². The van der Waals surface area contributed by atoms with Gasteiger partial charge in [0, 0.05) is 0 Å². The molecule has 0 heterocycles. The topological polar surface area (TPSA) is 0 Å². The smallest absolute Gasteiger partial charge is 0.0300 e. The summed E-state index contributed by atoms with van der Waals surface area (Å²) in [6.45, 7) is 24.4. The van der Waals surface area contributed by atoms with Gasteiger partial charge in [0.05, 0.1) is 0 Å². The summed E-state index contributed by atoms with van der Waals surface area (Å²) in [6.07, 6.45) is 7.82. The molecule has 0 fully saturated rings. The molecule has 0 heteroatoms. The fraction of sp³-hybridized carbons (Fsp3) is 0.818. The van der Waals surface area contributed by atoms with Crippen molar-refractivity contribution in [3.8, 4) is 0 Å². The van der Waals surface area contributed by atoms with E-state index in [0.717, 1.165) is 29.6 Å². The summed E-state index contributed by atoms with van der Waals surface area (Å²) in [6, 6.07) is 0. The normalized spacial score (nSPS) is 18.3. The van der Waals surface area contributed by atoms with Gasteiger partial charge in [-0.05, 0) is 82.0 Å². The highest BCUT2D eigenvalue weighted by Crippen LogP contribution is 2.29. The third-order valence-corrected chi connectivity index (χ3v) is 4.61. The lowest BCUT2D eigenvalue weighted by Crippen LogP contribution is -2.12. The van der Waals surface area contributed by atoms with Gasteiger partial charge in [-0.1, -0.05) is 45.8 Å². The molecule has 0 N–H and O–H groups in total. The second-order valence-electron chi connectivity index (χ2n) is 8.79. The van der Waals surface area contributed by atoms with Crippen molar-refractivity contribution in [3.05, 3.63) is 24.3 Å². The Hall–Kier alpha value is -0.520. The molecule has 4 atom stereocenters. The van der Waals surface area contributed by atoms with Gasteiger partial charge in [-0.3, -0.25) is 0 Å². The standard InChI is InChI=1S/C22H42/c1-16(2)10-18(5)12-20(7)14-22(9)15-21(8)13-19(6)11-17(3)4/h18-22H,1,3,10-15H2,2,4-9H3.